The first-order valence-electron chi connectivity index (χ1n) is 10.2. The Bertz CT molecular complexity index is 1010. The third-order valence-electron chi connectivity index (χ3n) is 5.04. The zero-order valence-electron chi connectivity index (χ0n) is 17.4. The van der Waals surface area contributed by atoms with Gasteiger partial charge in [-0.1, -0.05) is 25.5 Å². The molecule has 3 rings (SSSR count). The van der Waals surface area contributed by atoms with Crippen molar-refractivity contribution in [2.45, 2.75) is 32.7 Å². The van der Waals surface area contributed by atoms with E-state index < -0.39 is 0 Å². The molecule has 2 amide bonds. The fourth-order valence-electron chi connectivity index (χ4n) is 3.26. The SMILES string of the molecule is CCCCN(C)C(=O)Cn1c(CCNC(=O)c2ccc(F)cc2)nc2ccccc21. The number of carbonyl (C=O) groups is 2. The highest BCUT2D eigenvalue weighted by Gasteiger charge is 2.16. The largest absolute Gasteiger partial charge is 0.352 e. The van der Waals surface area contributed by atoms with Crippen molar-refractivity contribution in [3.8, 4) is 0 Å². The number of carbonyl (C=O) groups excluding carboxylic acids is 2. The molecule has 6 nitrogen and oxygen atoms in total. The van der Waals surface area contributed by atoms with Crippen LogP contribution in [0.25, 0.3) is 11.0 Å². The molecule has 1 N–H and O–H groups in total. The molecule has 158 valence electrons. The number of unbranched alkanes of at least 4 members (excludes halogenated alkanes) is 1. The number of amides is 2. The lowest BCUT2D eigenvalue weighted by molar-refractivity contribution is -0.130. The summed E-state index contributed by atoms with van der Waals surface area (Å²) in [6.07, 6.45) is 2.48. The number of para-hydroxylation sites is 2. The lowest BCUT2D eigenvalue weighted by Gasteiger charge is -2.18. The zero-order valence-corrected chi connectivity index (χ0v) is 17.4. The van der Waals surface area contributed by atoms with Gasteiger partial charge in [0.05, 0.1) is 11.0 Å². The summed E-state index contributed by atoms with van der Waals surface area (Å²) in [5.41, 5.74) is 2.12. The average Bonchev–Trinajstić information content (AvgIpc) is 3.09. The van der Waals surface area contributed by atoms with E-state index in [0.29, 0.717) is 18.5 Å². The number of hydrogen-bond acceptors (Lipinski definition) is 3. The van der Waals surface area contributed by atoms with Crippen molar-refractivity contribution in [3.63, 3.8) is 0 Å². The van der Waals surface area contributed by atoms with Gasteiger partial charge in [0.15, 0.2) is 0 Å². The highest BCUT2D eigenvalue weighted by molar-refractivity contribution is 5.94. The lowest BCUT2D eigenvalue weighted by Crippen LogP contribution is -2.32. The predicted octanol–water partition coefficient (Wildman–Crippen LogP) is 3.41. The monoisotopic (exact) mass is 410 g/mol. The first kappa shape index (κ1) is 21.5. The van der Waals surface area contributed by atoms with Crippen molar-refractivity contribution in [3.05, 3.63) is 65.7 Å². The molecule has 0 aliphatic carbocycles. The second-order valence-corrected chi connectivity index (χ2v) is 7.28. The Kier molecular flexibility index (Phi) is 7.17. The molecule has 1 aromatic heterocycles. The molecule has 2 aromatic carbocycles. The molecule has 0 aliphatic heterocycles. The number of nitrogens with one attached hydrogen (secondary N) is 1. The molecule has 7 heteroatoms. The standard InChI is InChI=1S/C23H27FN4O2/c1-3-4-15-27(2)22(29)16-28-20-8-6-5-7-19(20)26-21(28)13-14-25-23(30)17-9-11-18(24)12-10-17/h5-12H,3-4,13-16H2,1-2H3,(H,25,30). The third-order valence-corrected chi connectivity index (χ3v) is 5.04. The maximum Gasteiger partial charge on any atom is 0.251 e. The minimum absolute atomic E-state index is 0.0307. The van der Waals surface area contributed by atoms with Gasteiger partial charge in [-0.2, -0.15) is 0 Å². The van der Waals surface area contributed by atoms with Crippen LogP contribution in [0.2, 0.25) is 0 Å². The molecule has 30 heavy (non-hydrogen) atoms. The maximum atomic E-state index is 13.0. The van der Waals surface area contributed by atoms with Crippen molar-refractivity contribution < 1.29 is 14.0 Å². The molecule has 0 saturated heterocycles. The molecule has 3 aromatic rings. The first-order valence-corrected chi connectivity index (χ1v) is 10.2. The Morgan fingerprint density at radius 3 is 2.60 bits per heavy atom. The van der Waals surface area contributed by atoms with E-state index in [-0.39, 0.29) is 24.2 Å². The van der Waals surface area contributed by atoms with E-state index in [9.17, 15) is 14.0 Å². The summed E-state index contributed by atoms with van der Waals surface area (Å²) in [5.74, 6) is 0.123. The van der Waals surface area contributed by atoms with E-state index in [1.54, 1.807) is 4.90 Å². The van der Waals surface area contributed by atoms with Crippen LogP contribution in [0.1, 0.15) is 35.9 Å². The van der Waals surface area contributed by atoms with Gasteiger partial charge in [-0.15, -0.1) is 0 Å². The van der Waals surface area contributed by atoms with Crippen molar-refractivity contribution in [2.24, 2.45) is 0 Å². The Balaban J connectivity index is 1.70. The average molecular weight is 410 g/mol. The minimum Gasteiger partial charge on any atom is -0.352 e. The van der Waals surface area contributed by atoms with Crippen LogP contribution in [0, 0.1) is 5.82 Å². The van der Waals surface area contributed by atoms with Gasteiger partial charge in [-0.3, -0.25) is 9.59 Å². The number of imidazole rings is 1. The number of rotatable bonds is 9. The Labute approximate surface area is 175 Å². The maximum absolute atomic E-state index is 13.0. The molecule has 0 radical (unpaired) electrons. The van der Waals surface area contributed by atoms with Gasteiger partial charge in [0.1, 0.15) is 18.2 Å². The normalized spacial score (nSPS) is 10.9. The quantitative estimate of drug-likeness (QED) is 0.588. The molecular formula is C23H27FN4O2. The number of benzene rings is 2. The van der Waals surface area contributed by atoms with Crippen LogP contribution in [0.15, 0.2) is 48.5 Å². The van der Waals surface area contributed by atoms with Crippen molar-refractivity contribution in [2.75, 3.05) is 20.1 Å². The Morgan fingerprint density at radius 1 is 1.13 bits per heavy atom. The molecule has 0 atom stereocenters. The van der Waals surface area contributed by atoms with Crippen LogP contribution in [0.4, 0.5) is 4.39 Å². The van der Waals surface area contributed by atoms with E-state index >= 15 is 0 Å². The zero-order chi connectivity index (χ0) is 21.5. The van der Waals surface area contributed by atoms with E-state index in [2.05, 4.69) is 17.2 Å². The van der Waals surface area contributed by atoms with E-state index in [1.807, 2.05) is 35.9 Å². The Morgan fingerprint density at radius 2 is 1.87 bits per heavy atom. The summed E-state index contributed by atoms with van der Waals surface area (Å²) in [4.78, 5) is 31.3. The van der Waals surface area contributed by atoms with Crippen LogP contribution < -0.4 is 5.32 Å². The first-order chi connectivity index (χ1) is 14.5. The fourth-order valence-corrected chi connectivity index (χ4v) is 3.26. The van der Waals surface area contributed by atoms with Crippen LogP contribution in [-0.4, -0.2) is 46.4 Å². The van der Waals surface area contributed by atoms with E-state index in [4.69, 9.17) is 0 Å². The van der Waals surface area contributed by atoms with Crippen molar-refractivity contribution in [1.29, 1.82) is 0 Å². The molecule has 0 saturated carbocycles. The molecule has 0 unspecified atom stereocenters. The highest BCUT2D eigenvalue weighted by Crippen LogP contribution is 2.17. The summed E-state index contributed by atoms with van der Waals surface area (Å²) in [7, 11) is 1.82. The third kappa shape index (κ3) is 5.23. The molecule has 0 aliphatic rings. The molecule has 0 bridgehead atoms. The molecule has 1 heterocycles. The van der Waals surface area contributed by atoms with E-state index in [1.165, 1.54) is 24.3 Å². The summed E-state index contributed by atoms with van der Waals surface area (Å²) < 4.78 is 14.9. The highest BCUT2D eigenvalue weighted by atomic mass is 19.1. The Hall–Kier alpha value is -3.22. The topological polar surface area (TPSA) is 67.2 Å². The van der Waals surface area contributed by atoms with Gasteiger partial charge >= 0.3 is 0 Å². The summed E-state index contributed by atoms with van der Waals surface area (Å²) in [5, 5.41) is 2.83. The smallest absolute Gasteiger partial charge is 0.251 e. The van der Waals surface area contributed by atoms with Gasteiger partial charge in [0, 0.05) is 32.1 Å². The number of halogens is 1. The summed E-state index contributed by atoms with van der Waals surface area (Å²) in [6.45, 7) is 3.40. The molecular weight excluding hydrogens is 383 g/mol. The number of nitrogens with zero attached hydrogens (tertiary/aromatic N) is 3. The van der Waals surface area contributed by atoms with Crippen LogP contribution in [0.3, 0.4) is 0 Å². The summed E-state index contributed by atoms with van der Waals surface area (Å²) in [6, 6.07) is 13.1. The van der Waals surface area contributed by atoms with Gasteiger partial charge in [0.2, 0.25) is 5.91 Å². The fraction of sp³-hybridized carbons (Fsp3) is 0.348. The number of aromatic nitrogens is 2. The lowest BCUT2D eigenvalue weighted by atomic mass is 10.2. The van der Waals surface area contributed by atoms with Gasteiger partial charge < -0.3 is 14.8 Å². The van der Waals surface area contributed by atoms with Crippen LogP contribution in [0.5, 0.6) is 0 Å². The second-order valence-electron chi connectivity index (χ2n) is 7.28. The molecule has 0 fully saturated rings. The van der Waals surface area contributed by atoms with Crippen molar-refractivity contribution in [1.82, 2.24) is 19.8 Å². The number of likely N-dealkylation sites (N-methyl/N-ethyl adjacent to an activating group) is 1. The van der Waals surface area contributed by atoms with Gasteiger partial charge in [0.25, 0.3) is 5.91 Å². The number of fused-ring (bicyclic) bond motifs is 1. The molecule has 0 spiro atoms. The van der Waals surface area contributed by atoms with Crippen LogP contribution >= 0.6 is 0 Å². The number of hydrogen-bond donors (Lipinski definition) is 1. The summed E-state index contributed by atoms with van der Waals surface area (Å²) >= 11 is 0. The van der Waals surface area contributed by atoms with E-state index in [0.717, 1.165) is 36.2 Å². The van der Waals surface area contributed by atoms with Gasteiger partial charge in [-0.25, -0.2) is 9.37 Å². The van der Waals surface area contributed by atoms with Gasteiger partial charge in [-0.05, 0) is 42.8 Å². The second kappa shape index (κ2) is 10.0. The van der Waals surface area contributed by atoms with Crippen molar-refractivity contribution >= 4 is 22.8 Å². The van der Waals surface area contributed by atoms with Crippen LogP contribution in [-0.2, 0) is 17.8 Å². The predicted molar refractivity (Wildman–Crippen MR) is 115 cm³/mol. The minimum atomic E-state index is -0.381.